The average molecular weight is 214 g/mol. The second-order valence-electron chi connectivity index (χ2n) is 5.58. The first kappa shape index (κ1) is 12.9. The van der Waals surface area contributed by atoms with E-state index in [0.717, 1.165) is 38.9 Å². The first-order chi connectivity index (χ1) is 6.93. The lowest BCUT2D eigenvalue weighted by Crippen LogP contribution is -2.52. The quantitative estimate of drug-likeness (QED) is 0.776. The topological polar surface area (TPSA) is 38.5 Å². The van der Waals surface area contributed by atoms with Crippen LogP contribution in [0, 0.1) is 0 Å². The molecule has 1 saturated heterocycles. The van der Waals surface area contributed by atoms with Crippen LogP contribution < -0.4 is 5.73 Å². The Morgan fingerprint density at radius 3 is 2.13 bits per heavy atom. The maximum absolute atomic E-state index is 5.67. The van der Waals surface area contributed by atoms with Crippen LogP contribution in [-0.4, -0.2) is 42.8 Å². The molecule has 0 atom stereocenters. The van der Waals surface area contributed by atoms with Crippen molar-refractivity contribution in [3.63, 3.8) is 0 Å². The Morgan fingerprint density at radius 1 is 1.27 bits per heavy atom. The average Bonchev–Trinajstić information content (AvgIpc) is 2.17. The summed E-state index contributed by atoms with van der Waals surface area (Å²) in [6.07, 6.45) is 3.21. The normalized spacial score (nSPS) is 23.0. The maximum atomic E-state index is 5.67. The molecule has 0 bridgehead atoms. The van der Waals surface area contributed by atoms with Crippen LogP contribution in [0.15, 0.2) is 0 Å². The van der Waals surface area contributed by atoms with Gasteiger partial charge < -0.3 is 10.5 Å². The molecule has 1 heterocycles. The standard InChI is InChI=1S/C12H26N2O/c1-11(2,3)14-9-6-12(15-4,5-8-13)7-10-14/h5-10,13H2,1-4H3. The van der Waals surface area contributed by atoms with E-state index in [4.69, 9.17) is 10.5 Å². The Morgan fingerprint density at radius 2 is 1.80 bits per heavy atom. The Labute approximate surface area is 94.0 Å². The Balaban J connectivity index is 2.53. The van der Waals surface area contributed by atoms with Gasteiger partial charge in [0.25, 0.3) is 0 Å². The number of likely N-dealkylation sites (tertiary alicyclic amines) is 1. The molecule has 0 aromatic heterocycles. The highest BCUT2D eigenvalue weighted by molar-refractivity contribution is 4.91. The number of methoxy groups -OCH3 is 1. The van der Waals surface area contributed by atoms with Crippen LogP contribution in [0.4, 0.5) is 0 Å². The molecule has 90 valence electrons. The fraction of sp³-hybridized carbons (Fsp3) is 1.00. The van der Waals surface area contributed by atoms with Gasteiger partial charge in [0.2, 0.25) is 0 Å². The molecule has 1 aliphatic heterocycles. The summed E-state index contributed by atoms with van der Waals surface area (Å²) in [5.41, 5.74) is 5.98. The fourth-order valence-electron chi connectivity index (χ4n) is 2.40. The number of hydrogen-bond donors (Lipinski definition) is 1. The highest BCUT2D eigenvalue weighted by atomic mass is 16.5. The summed E-state index contributed by atoms with van der Waals surface area (Å²) < 4.78 is 5.67. The highest BCUT2D eigenvalue weighted by Crippen LogP contribution is 2.31. The van der Waals surface area contributed by atoms with Crippen LogP contribution in [0.2, 0.25) is 0 Å². The molecule has 0 aromatic carbocycles. The molecule has 1 aliphatic rings. The van der Waals surface area contributed by atoms with Gasteiger partial charge in [0.05, 0.1) is 5.60 Å². The fourth-order valence-corrected chi connectivity index (χ4v) is 2.40. The summed E-state index contributed by atoms with van der Waals surface area (Å²) in [5, 5.41) is 0. The molecule has 0 spiro atoms. The second kappa shape index (κ2) is 4.81. The minimum Gasteiger partial charge on any atom is -0.378 e. The Hall–Kier alpha value is -0.120. The SMILES string of the molecule is COC1(CCN)CCN(C(C)(C)C)CC1. The van der Waals surface area contributed by atoms with Gasteiger partial charge in [0.15, 0.2) is 0 Å². The third-order valence-corrected chi connectivity index (χ3v) is 3.66. The highest BCUT2D eigenvalue weighted by Gasteiger charge is 2.36. The third kappa shape index (κ3) is 3.16. The summed E-state index contributed by atoms with van der Waals surface area (Å²) in [4.78, 5) is 2.53. The van der Waals surface area contributed by atoms with Crippen molar-refractivity contribution in [2.75, 3.05) is 26.7 Å². The van der Waals surface area contributed by atoms with Crippen molar-refractivity contribution in [1.82, 2.24) is 4.90 Å². The van der Waals surface area contributed by atoms with Gasteiger partial charge in [0.1, 0.15) is 0 Å². The summed E-state index contributed by atoms with van der Waals surface area (Å²) in [7, 11) is 1.82. The summed E-state index contributed by atoms with van der Waals surface area (Å²) in [5.74, 6) is 0. The summed E-state index contributed by atoms with van der Waals surface area (Å²) in [6.45, 7) is 9.79. The molecular weight excluding hydrogens is 188 g/mol. The first-order valence-electron chi connectivity index (χ1n) is 5.94. The van der Waals surface area contributed by atoms with E-state index in [2.05, 4.69) is 25.7 Å². The van der Waals surface area contributed by atoms with E-state index in [1.807, 2.05) is 7.11 Å². The van der Waals surface area contributed by atoms with Crippen LogP contribution in [0.3, 0.4) is 0 Å². The van der Waals surface area contributed by atoms with E-state index in [9.17, 15) is 0 Å². The van der Waals surface area contributed by atoms with Crippen LogP contribution in [0.25, 0.3) is 0 Å². The third-order valence-electron chi connectivity index (χ3n) is 3.66. The predicted molar refractivity (Wildman–Crippen MR) is 64.0 cm³/mol. The molecule has 2 N–H and O–H groups in total. The zero-order valence-electron chi connectivity index (χ0n) is 10.7. The molecule has 0 aromatic rings. The van der Waals surface area contributed by atoms with Crippen molar-refractivity contribution < 1.29 is 4.74 Å². The second-order valence-corrected chi connectivity index (χ2v) is 5.58. The van der Waals surface area contributed by atoms with E-state index < -0.39 is 0 Å². The largest absolute Gasteiger partial charge is 0.378 e. The molecule has 1 rings (SSSR count). The lowest BCUT2D eigenvalue weighted by molar-refractivity contribution is -0.0745. The predicted octanol–water partition coefficient (Wildman–Crippen LogP) is 1.61. The first-order valence-corrected chi connectivity index (χ1v) is 5.94. The smallest absolute Gasteiger partial charge is 0.0715 e. The number of piperidine rings is 1. The maximum Gasteiger partial charge on any atom is 0.0715 e. The van der Waals surface area contributed by atoms with Crippen molar-refractivity contribution in [2.45, 2.75) is 51.2 Å². The Bertz CT molecular complexity index is 190. The molecule has 3 nitrogen and oxygen atoms in total. The van der Waals surface area contributed by atoms with Gasteiger partial charge in [-0.3, -0.25) is 4.90 Å². The van der Waals surface area contributed by atoms with Crippen LogP contribution in [0.1, 0.15) is 40.0 Å². The molecular formula is C12H26N2O. The monoisotopic (exact) mass is 214 g/mol. The zero-order valence-corrected chi connectivity index (χ0v) is 10.7. The van der Waals surface area contributed by atoms with E-state index in [-0.39, 0.29) is 11.1 Å². The van der Waals surface area contributed by atoms with Crippen molar-refractivity contribution in [3.8, 4) is 0 Å². The molecule has 0 radical (unpaired) electrons. The number of rotatable bonds is 3. The summed E-state index contributed by atoms with van der Waals surface area (Å²) in [6, 6.07) is 0. The lowest BCUT2D eigenvalue weighted by Gasteiger charge is -2.46. The van der Waals surface area contributed by atoms with E-state index in [1.54, 1.807) is 0 Å². The van der Waals surface area contributed by atoms with E-state index in [0.29, 0.717) is 0 Å². The van der Waals surface area contributed by atoms with Crippen LogP contribution in [-0.2, 0) is 4.74 Å². The molecule has 0 unspecified atom stereocenters. The number of nitrogens with two attached hydrogens (primary N) is 1. The van der Waals surface area contributed by atoms with Crippen LogP contribution in [0.5, 0.6) is 0 Å². The zero-order chi connectivity index (χ0) is 11.5. The molecule has 3 heteroatoms. The van der Waals surface area contributed by atoms with Crippen molar-refractivity contribution in [1.29, 1.82) is 0 Å². The number of nitrogens with zero attached hydrogens (tertiary/aromatic N) is 1. The minimum atomic E-state index is 0.0521. The molecule has 0 saturated carbocycles. The molecule has 15 heavy (non-hydrogen) atoms. The van der Waals surface area contributed by atoms with Gasteiger partial charge in [-0.1, -0.05) is 0 Å². The molecule has 1 fully saturated rings. The van der Waals surface area contributed by atoms with Crippen molar-refractivity contribution in [2.24, 2.45) is 5.73 Å². The van der Waals surface area contributed by atoms with Gasteiger partial charge in [-0.05, 0) is 46.6 Å². The number of hydrogen-bond acceptors (Lipinski definition) is 3. The van der Waals surface area contributed by atoms with Crippen LogP contribution >= 0.6 is 0 Å². The number of ether oxygens (including phenoxy) is 1. The van der Waals surface area contributed by atoms with Crippen molar-refractivity contribution >= 4 is 0 Å². The van der Waals surface area contributed by atoms with Gasteiger partial charge in [-0.25, -0.2) is 0 Å². The van der Waals surface area contributed by atoms with Gasteiger partial charge in [-0.15, -0.1) is 0 Å². The minimum absolute atomic E-state index is 0.0521. The molecule has 0 aliphatic carbocycles. The van der Waals surface area contributed by atoms with Gasteiger partial charge in [-0.2, -0.15) is 0 Å². The van der Waals surface area contributed by atoms with Gasteiger partial charge >= 0.3 is 0 Å². The van der Waals surface area contributed by atoms with E-state index >= 15 is 0 Å². The Kier molecular flexibility index (Phi) is 4.15. The van der Waals surface area contributed by atoms with E-state index in [1.165, 1.54) is 0 Å². The molecule has 0 amide bonds. The lowest BCUT2D eigenvalue weighted by atomic mass is 9.86. The van der Waals surface area contributed by atoms with Gasteiger partial charge in [0, 0.05) is 25.7 Å². The van der Waals surface area contributed by atoms with Crippen molar-refractivity contribution in [3.05, 3.63) is 0 Å². The summed E-state index contributed by atoms with van der Waals surface area (Å²) >= 11 is 0.